The Balaban J connectivity index is 0.00000320. The summed E-state index contributed by atoms with van der Waals surface area (Å²) in [6.07, 6.45) is 4.83. The zero-order valence-corrected chi connectivity index (χ0v) is 20.5. The number of hydrogen-bond donors (Lipinski definition) is 2. The standard InChI is InChI=1S/C22H35N7.HI/c1-3-23-22(24-11-7-13-29-14-8-12-26-29)25-19-20(2)27-15-17-28(18-16-27)21-9-5-4-6-10-21;/h4-6,8-10,12,14,20H,3,7,11,13,15-19H2,1-2H3,(H2,23,24,25);1H. The first-order valence-corrected chi connectivity index (χ1v) is 10.8. The van der Waals surface area contributed by atoms with Crippen LogP contribution in [0.1, 0.15) is 20.3 Å². The molecule has 0 aliphatic carbocycles. The molecule has 1 aromatic heterocycles. The van der Waals surface area contributed by atoms with Crippen LogP contribution in [0.3, 0.4) is 0 Å². The van der Waals surface area contributed by atoms with E-state index in [0.717, 1.165) is 64.7 Å². The number of aryl methyl sites for hydroxylation is 1. The van der Waals surface area contributed by atoms with Crippen LogP contribution < -0.4 is 15.5 Å². The molecule has 2 aromatic rings. The van der Waals surface area contributed by atoms with Crippen LogP contribution in [0, 0.1) is 0 Å². The van der Waals surface area contributed by atoms with Crippen molar-refractivity contribution in [2.24, 2.45) is 4.99 Å². The lowest BCUT2D eigenvalue weighted by Crippen LogP contribution is -2.50. The topological polar surface area (TPSA) is 60.7 Å². The molecule has 2 N–H and O–H groups in total. The lowest BCUT2D eigenvalue weighted by molar-refractivity contribution is 0.201. The van der Waals surface area contributed by atoms with Crippen molar-refractivity contribution in [3.8, 4) is 0 Å². The third-order valence-corrected chi connectivity index (χ3v) is 5.33. The molecule has 8 heteroatoms. The van der Waals surface area contributed by atoms with E-state index in [1.807, 2.05) is 23.1 Å². The highest BCUT2D eigenvalue weighted by atomic mass is 127. The van der Waals surface area contributed by atoms with Crippen LogP contribution in [0.25, 0.3) is 0 Å². The summed E-state index contributed by atoms with van der Waals surface area (Å²) in [5.74, 6) is 0.905. The van der Waals surface area contributed by atoms with Gasteiger partial charge in [-0.05, 0) is 38.5 Å². The fourth-order valence-electron chi connectivity index (χ4n) is 3.62. The smallest absolute Gasteiger partial charge is 0.191 e. The normalized spacial score (nSPS) is 16.1. The summed E-state index contributed by atoms with van der Waals surface area (Å²) >= 11 is 0. The second-order valence-corrected chi connectivity index (χ2v) is 7.48. The minimum atomic E-state index is 0. The van der Waals surface area contributed by atoms with Gasteiger partial charge in [0.2, 0.25) is 0 Å². The quantitative estimate of drug-likeness (QED) is 0.228. The van der Waals surface area contributed by atoms with E-state index in [-0.39, 0.29) is 24.0 Å². The van der Waals surface area contributed by atoms with Gasteiger partial charge in [-0.2, -0.15) is 5.10 Å². The number of nitrogens with zero attached hydrogens (tertiary/aromatic N) is 5. The van der Waals surface area contributed by atoms with Gasteiger partial charge < -0.3 is 15.5 Å². The lowest BCUT2D eigenvalue weighted by Gasteiger charge is -2.38. The average molecular weight is 525 g/mol. The van der Waals surface area contributed by atoms with Gasteiger partial charge in [-0.15, -0.1) is 24.0 Å². The van der Waals surface area contributed by atoms with E-state index in [2.05, 4.69) is 69.7 Å². The van der Waals surface area contributed by atoms with Crippen molar-refractivity contribution >= 4 is 35.6 Å². The van der Waals surface area contributed by atoms with Crippen molar-refractivity contribution in [3.63, 3.8) is 0 Å². The molecule has 1 unspecified atom stereocenters. The number of piperazine rings is 1. The Morgan fingerprint density at radius 2 is 1.87 bits per heavy atom. The molecule has 7 nitrogen and oxygen atoms in total. The van der Waals surface area contributed by atoms with E-state index in [0.29, 0.717) is 6.04 Å². The number of rotatable bonds is 9. The van der Waals surface area contributed by atoms with Gasteiger partial charge in [0.1, 0.15) is 0 Å². The van der Waals surface area contributed by atoms with Gasteiger partial charge in [-0.25, -0.2) is 0 Å². The monoisotopic (exact) mass is 525 g/mol. The number of halogens is 1. The number of anilines is 1. The molecular formula is C22H36IN7. The van der Waals surface area contributed by atoms with Crippen LogP contribution in [0.5, 0.6) is 0 Å². The minimum Gasteiger partial charge on any atom is -0.369 e. The maximum atomic E-state index is 4.82. The second kappa shape index (κ2) is 13.5. The largest absolute Gasteiger partial charge is 0.369 e. The van der Waals surface area contributed by atoms with E-state index in [1.165, 1.54) is 5.69 Å². The van der Waals surface area contributed by atoms with Gasteiger partial charge in [-0.1, -0.05) is 18.2 Å². The third-order valence-electron chi connectivity index (χ3n) is 5.33. The number of guanidine groups is 1. The molecule has 30 heavy (non-hydrogen) atoms. The van der Waals surface area contributed by atoms with Gasteiger partial charge in [0.15, 0.2) is 5.96 Å². The Morgan fingerprint density at radius 3 is 2.53 bits per heavy atom. The Kier molecular flexibility index (Phi) is 11.0. The van der Waals surface area contributed by atoms with Crippen molar-refractivity contribution in [2.75, 3.05) is 50.7 Å². The van der Waals surface area contributed by atoms with Crippen molar-refractivity contribution in [2.45, 2.75) is 32.9 Å². The van der Waals surface area contributed by atoms with Crippen LogP contribution in [0.4, 0.5) is 5.69 Å². The first kappa shape index (κ1) is 24.5. The first-order chi connectivity index (χ1) is 14.3. The summed E-state index contributed by atoms with van der Waals surface area (Å²) < 4.78 is 1.96. The predicted molar refractivity (Wildman–Crippen MR) is 136 cm³/mol. The van der Waals surface area contributed by atoms with E-state index < -0.39 is 0 Å². The van der Waals surface area contributed by atoms with Crippen LogP contribution in [-0.4, -0.2) is 72.5 Å². The third kappa shape index (κ3) is 7.79. The fourth-order valence-corrected chi connectivity index (χ4v) is 3.62. The predicted octanol–water partition coefficient (Wildman–Crippen LogP) is 2.66. The SMILES string of the molecule is CCNC(=NCC(C)N1CCN(c2ccccc2)CC1)NCCCn1cccn1.I. The maximum absolute atomic E-state index is 4.82. The highest BCUT2D eigenvalue weighted by Crippen LogP contribution is 2.16. The van der Waals surface area contributed by atoms with Gasteiger partial charge in [-0.3, -0.25) is 14.6 Å². The van der Waals surface area contributed by atoms with Gasteiger partial charge in [0.05, 0.1) is 6.54 Å². The zero-order valence-electron chi connectivity index (χ0n) is 18.2. The highest BCUT2D eigenvalue weighted by molar-refractivity contribution is 14.0. The summed E-state index contributed by atoms with van der Waals surface area (Å²) in [4.78, 5) is 9.83. The summed E-state index contributed by atoms with van der Waals surface area (Å²) in [6, 6.07) is 13.1. The summed E-state index contributed by atoms with van der Waals surface area (Å²) in [6.45, 7) is 12.2. The molecule has 0 saturated carbocycles. The minimum absolute atomic E-state index is 0. The number of para-hydroxylation sites is 1. The van der Waals surface area contributed by atoms with Crippen molar-refractivity contribution in [1.82, 2.24) is 25.3 Å². The highest BCUT2D eigenvalue weighted by Gasteiger charge is 2.21. The van der Waals surface area contributed by atoms with Crippen molar-refractivity contribution in [3.05, 3.63) is 48.8 Å². The van der Waals surface area contributed by atoms with Crippen LogP contribution in [-0.2, 0) is 6.54 Å². The molecule has 0 amide bonds. The number of hydrogen-bond acceptors (Lipinski definition) is 4. The Hall–Kier alpha value is -1.81. The van der Waals surface area contributed by atoms with E-state index in [1.54, 1.807) is 0 Å². The molecule has 1 aliphatic rings. The number of benzene rings is 1. The molecule has 1 aliphatic heterocycles. The lowest BCUT2D eigenvalue weighted by atomic mass is 10.2. The summed E-state index contributed by atoms with van der Waals surface area (Å²) in [5, 5.41) is 11.0. The molecule has 1 saturated heterocycles. The molecule has 2 heterocycles. The second-order valence-electron chi connectivity index (χ2n) is 7.48. The number of aliphatic imine (C=N–C) groups is 1. The van der Waals surface area contributed by atoms with Crippen LogP contribution >= 0.6 is 24.0 Å². The number of aromatic nitrogens is 2. The Bertz CT molecular complexity index is 712. The van der Waals surface area contributed by atoms with E-state index in [4.69, 9.17) is 4.99 Å². The molecule has 0 bridgehead atoms. The molecule has 1 fully saturated rings. The van der Waals surface area contributed by atoms with Crippen molar-refractivity contribution < 1.29 is 0 Å². The maximum Gasteiger partial charge on any atom is 0.191 e. The van der Waals surface area contributed by atoms with Gasteiger partial charge in [0.25, 0.3) is 0 Å². The Labute approximate surface area is 197 Å². The molecule has 166 valence electrons. The summed E-state index contributed by atoms with van der Waals surface area (Å²) in [5.41, 5.74) is 1.33. The molecule has 3 rings (SSSR count). The van der Waals surface area contributed by atoms with Gasteiger partial charge in [0, 0.05) is 69.9 Å². The first-order valence-electron chi connectivity index (χ1n) is 10.8. The van der Waals surface area contributed by atoms with E-state index in [9.17, 15) is 0 Å². The molecule has 0 radical (unpaired) electrons. The molecule has 1 aromatic carbocycles. The average Bonchev–Trinajstić information content (AvgIpc) is 3.29. The Morgan fingerprint density at radius 1 is 1.10 bits per heavy atom. The van der Waals surface area contributed by atoms with Gasteiger partial charge >= 0.3 is 0 Å². The van der Waals surface area contributed by atoms with Crippen LogP contribution in [0.2, 0.25) is 0 Å². The zero-order chi connectivity index (χ0) is 20.3. The summed E-state index contributed by atoms with van der Waals surface area (Å²) in [7, 11) is 0. The van der Waals surface area contributed by atoms with Crippen molar-refractivity contribution in [1.29, 1.82) is 0 Å². The molecular weight excluding hydrogens is 489 g/mol. The fraction of sp³-hybridized carbons (Fsp3) is 0.545. The molecule has 1 atom stereocenters. The van der Waals surface area contributed by atoms with Crippen LogP contribution in [0.15, 0.2) is 53.8 Å². The van der Waals surface area contributed by atoms with E-state index >= 15 is 0 Å². The molecule has 0 spiro atoms. The number of nitrogens with one attached hydrogen (secondary N) is 2.